The van der Waals surface area contributed by atoms with E-state index in [1.165, 1.54) is 31.2 Å². The molecular formula is C18H30N2O. The molecule has 1 aliphatic carbocycles. The molecule has 0 saturated heterocycles. The highest BCUT2D eigenvalue weighted by molar-refractivity contribution is 5.27. The first-order valence-electron chi connectivity index (χ1n) is 8.27. The molecule has 1 saturated carbocycles. The van der Waals surface area contributed by atoms with Gasteiger partial charge in [-0.3, -0.25) is 0 Å². The van der Waals surface area contributed by atoms with Crippen LogP contribution in [0.1, 0.15) is 38.2 Å². The van der Waals surface area contributed by atoms with Crippen LogP contribution in [0.3, 0.4) is 0 Å². The first-order valence-corrected chi connectivity index (χ1v) is 8.27. The van der Waals surface area contributed by atoms with Crippen molar-refractivity contribution in [1.29, 1.82) is 0 Å². The summed E-state index contributed by atoms with van der Waals surface area (Å²) in [6.45, 7) is 5.41. The van der Waals surface area contributed by atoms with E-state index in [0.717, 1.165) is 31.3 Å². The van der Waals surface area contributed by atoms with Gasteiger partial charge in [0.05, 0.1) is 7.11 Å². The second-order valence-electron chi connectivity index (χ2n) is 6.25. The third-order valence-corrected chi connectivity index (χ3v) is 4.56. The van der Waals surface area contributed by atoms with E-state index in [2.05, 4.69) is 36.3 Å². The van der Waals surface area contributed by atoms with Crippen molar-refractivity contribution >= 4 is 0 Å². The Labute approximate surface area is 129 Å². The lowest BCUT2D eigenvalue weighted by atomic mass is 9.97. The largest absolute Gasteiger partial charge is 0.497 e. The molecule has 0 heterocycles. The van der Waals surface area contributed by atoms with Crippen LogP contribution in [0.5, 0.6) is 5.75 Å². The molecule has 0 amide bonds. The number of rotatable bonds is 8. The number of hydrogen-bond donors (Lipinski definition) is 1. The van der Waals surface area contributed by atoms with E-state index in [-0.39, 0.29) is 0 Å². The van der Waals surface area contributed by atoms with Gasteiger partial charge in [-0.05, 0) is 50.0 Å². The molecule has 1 fully saturated rings. The summed E-state index contributed by atoms with van der Waals surface area (Å²) < 4.78 is 5.21. The molecule has 2 rings (SSSR count). The first-order chi connectivity index (χ1) is 10.2. The maximum atomic E-state index is 5.21. The van der Waals surface area contributed by atoms with Crippen LogP contribution in [0.15, 0.2) is 24.3 Å². The fourth-order valence-corrected chi connectivity index (χ4v) is 3.45. The van der Waals surface area contributed by atoms with Gasteiger partial charge in [-0.2, -0.15) is 0 Å². The second-order valence-corrected chi connectivity index (χ2v) is 6.25. The Kier molecular flexibility index (Phi) is 6.52. The molecular weight excluding hydrogens is 260 g/mol. The SMILES string of the molecule is CCNC(CN(C)Cc1ccc(OC)cc1)C1CCCC1. The molecule has 3 nitrogen and oxygen atoms in total. The van der Waals surface area contributed by atoms with Gasteiger partial charge in [0.15, 0.2) is 0 Å². The van der Waals surface area contributed by atoms with Crippen LogP contribution in [-0.2, 0) is 6.54 Å². The summed E-state index contributed by atoms with van der Waals surface area (Å²) in [5, 5.41) is 3.70. The molecule has 3 heteroatoms. The molecule has 1 aromatic rings. The Morgan fingerprint density at radius 1 is 1.24 bits per heavy atom. The Morgan fingerprint density at radius 2 is 1.90 bits per heavy atom. The summed E-state index contributed by atoms with van der Waals surface area (Å²) in [6, 6.07) is 9.05. The van der Waals surface area contributed by atoms with Crippen LogP contribution in [0.4, 0.5) is 0 Å². The summed E-state index contributed by atoms with van der Waals surface area (Å²) in [5.41, 5.74) is 1.35. The predicted molar refractivity (Wildman–Crippen MR) is 88.8 cm³/mol. The average molecular weight is 290 g/mol. The van der Waals surface area contributed by atoms with Crippen LogP contribution in [0, 0.1) is 5.92 Å². The number of likely N-dealkylation sites (N-methyl/N-ethyl adjacent to an activating group) is 2. The lowest BCUT2D eigenvalue weighted by Crippen LogP contribution is -2.43. The lowest BCUT2D eigenvalue weighted by Gasteiger charge is -2.29. The molecule has 1 atom stereocenters. The average Bonchev–Trinajstić information content (AvgIpc) is 3.02. The number of methoxy groups -OCH3 is 1. The fourth-order valence-electron chi connectivity index (χ4n) is 3.45. The molecule has 1 N–H and O–H groups in total. The van der Waals surface area contributed by atoms with Crippen LogP contribution in [0.2, 0.25) is 0 Å². The van der Waals surface area contributed by atoms with Crippen LogP contribution >= 0.6 is 0 Å². The van der Waals surface area contributed by atoms with Crippen molar-refractivity contribution < 1.29 is 4.74 Å². The predicted octanol–water partition coefficient (Wildman–Crippen LogP) is 3.30. The van der Waals surface area contributed by atoms with Gasteiger partial charge in [-0.15, -0.1) is 0 Å². The van der Waals surface area contributed by atoms with E-state index in [0.29, 0.717) is 6.04 Å². The van der Waals surface area contributed by atoms with Crippen molar-refractivity contribution in [3.05, 3.63) is 29.8 Å². The zero-order chi connectivity index (χ0) is 15.1. The topological polar surface area (TPSA) is 24.5 Å². The van der Waals surface area contributed by atoms with Gasteiger partial charge in [-0.1, -0.05) is 31.9 Å². The van der Waals surface area contributed by atoms with Gasteiger partial charge in [0.1, 0.15) is 5.75 Å². The van der Waals surface area contributed by atoms with Crippen molar-refractivity contribution in [3.8, 4) is 5.75 Å². The summed E-state index contributed by atoms with van der Waals surface area (Å²) in [4.78, 5) is 2.44. The quantitative estimate of drug-likeness (QED) is 0.795. The Hall–Kier alpha value is -1.06. The van der Waals surface area contributed by atoms with Crippen LogP contribution in [0.25, 0.3) is 0 Å². The number of benzene rings is 1. The van der Waals surface area contributed by atoms with Gasteiger partial charge in [-0.25, -0.2) is 0 Å². The molecule has 0 bridgehead atoms. The molecule has 0 radical (unpaired) electrons. The minimum absolute atomic E-state index is 0.640. The first kappa shape index (κ1) is 16.3. The summed E-state index contributed by atoms with van der Waals surface area (Å²) >= 11 is 0. The van der Waals surface area contributed by atoms with Crippen molar-refractivity contribution in [1.82, 2.24) is 10.2 Å². The van der Waals surface area contributed by atoms with E-state index < -0.39 is 0 Å². The minimum atomic E-state index is 0.640. The number of ether oxygens (including phenoxy) is 1. The van der Waals surface area contributed by atoms with Gasteiger partial charge in [0, 0.05) is 19.1 Å². The van der Waals surface area contributed by atoms with Crippen molar-refractivity contribution in [3.63, 3.8) is 0 Å². The Bertz CT molecular complexity index is 398. The molecule has 1 aliphatic rings. The number of nitrogens with zero attached hydrogens (tertiary/aromatic N) is 1. The molecule has 0 aromatic heterocycles. The highest BCUT2D eigenvalue weighted by atomic mass is 16.5. The maximum absolute atomic E-state index is 5.21. The van der Waals surface area contributed by atoms with Gasteiger partial charge in [0.2, 0.25) is 0 Å². The van der Waals surface area contributed by atoms with E-state index >= 15 is 0 Å². The highest BCUT2D eigenvalue weighted by Gasteiger charge is 2.25. The molecule has 0 aliphatic heterocycles. The van der Waals surface area contributed by atoms with Crippen LogP contribution < -0.4 is 10.1 Å². The van der Waals surface area contributed by atoms with Gasteiger partial charge >= 0.3 is 0 Å². The maximum Gasteiger partial charge on any atom is 0.118 e. The molecule has 0 spiro atoms. The second kappa shape index (κ2) is 8.40. The van der Waals surface area contributed by atoms with Gasteiger partial charge in [0.25, 0.3) is 0 Å². The number of nitrogens with one attached hydrogen (secondary N) is 1. The molecule has 1 aromatic carbocycles. The zero-order valence-corrected chi connectivity index (χ0v) is 13.8. The highest BCUT2D eigenvalue weighted by Crippen LogP contribution is 2.28. The van der Waals surface area contributed by atoms with Crippen molar-refractivity contribution in [2.45, 2.75) is 45.2 Å². The molecule has 21 heavy (non-hydrogen) atoms. The smallest absolute Gasteiger partial charge is 0.118 e. The lowest BCUT2D eigenvalue weighted by molar-refractivity contribution is 0.237. The van der Waals surface area contributed by atoms with Crippen molar-refractivity contribution in [2.75, 3.05) is 27.2 Å². The summed E-state index contributed by atoms with van der Waals surface area (Å²) in [7, 11) is 3.94. The monoisotopic (exact) mass is 290 g/mol. The van der Waals surface area contributed by atoms with E-state index in [4.69, 9.17) is 4.74 Å². The Morgan fingerprint density at radius 3 is 2.48 bits per heavy atom. The van der Waals surface area contributed by atoms with Crippen LogP contribution in [-0.4, -0.2) is 38.2 Å². The van der Waals surface area contributed by atoms with E-state index in [1.807, 2.05) is 12.1 Å². The number of hydrogen-bond acceptors (Lipinski definition) is 3. The minimum Gasteiger partial charge on any atom is -0.497 e. The third-order valence-electron chi connectivity index (χ3n) is 4.56. The molecule has 118 valence electrons. The van der Waals surface area contributed by atoms with Gasteiger partial charge < -0.3 is 15.0 Å². The fraction of sp³-hybridized carbons (Fsp3) is 0.667. The summed E-state index contributed by atoms with van der Waals surface area (Å²) in [5.74, 6) is 1.79. The van der Waals surface area contributed by atoms with Crippen molar-refractivity contribution in [2.24, 2.45) is 5.92 Å². The standard InChI is InChI=1S/C18H30N2O/c1-4-19-18(16-7-5-6-8-16)14-20(2)13-15-9-11-17(21-3)12-10-15/h9-12,16,18-19H,4-8,13-14H2,1-3H3. The normalized spacial score (nSPS) is 17.3. The zero-order valence-electron chi connectivity index (χ0n) is 13.8. The van der Waals surface area contributed by atoms with E-state index in [9.17, 15) is 0 Å². The van der Waals surface area contributed by atoms with E-state index in [1.54, 1.807) is 7.11 Å². The molecule has 1 unspecified atom stereocenters. The Balaban J connectivity index is 1.86. The summed E-state index contributed by atoms with van der Waals surface area (Å²) in [6.07, 6.45) is 5.62. The third kappa shape index (κ3) is 5.01.